The van der Waals surface area contributed by atoms with E-state index in [-0.39, 0.29) is 6.54 Å². The van der Waals surface area contributed by atoms with Crippen LogP contribution in [-0.2, 0) is 0 Å². The molecule has 0 aliphatic heterocycles. The number of hydrogen-bond donors (Lipinski definition) is 6. The van der Waals surface area contributed by atoms with E-state index in [0.717, 1.165) is 51.4 Å². The van der Waals surface area contributed by atoms with Crippen LogP contribution in [0.5, 0.6) is 11.5 Å². The average molecular weight is 486 g/mol. The number of ether oxygens (including phenoxy) is 2. The minimum absolute atomic E-state index is 0.291. The summed E-state index contributed by atoms with van der Waals surface area (Å²) < 4.78 is 11.8. The van der Waals surface area contributed by atoms with E-state index in [1.54, 1.807) is 18.2 Å². The standard InChI is InChI=1S/C25H43NO8/c1-3-5-7-9-13-33-21-12-11-18(15-22(21)34-14-10-8-6-4-2)25(32)26-16-19(28)23(30)24(31)20(29)17-27/h11-12,15,19-20,23-24,27-31H,3-10,13-14,16-17H2,1-2H3,(H,26,32)/t19-,20+,23+,24+/m0/s1. The maximum atomic E-state index is 12.6. The molecule has 0 unspecified atom stereocenters. The molecule has 6 N–H and O–H groups in total. The number of carbonyl (C=O) groups excluding carboxylic acids is 1. The van der Waals surface area contributed by atoms with Crippen molar-refractivity contribution in [3.05, 3.63) is 23.8 Å². The fraction of sp³-hybridized carbons (Fsp3) is 0.720. The van der Waals surface area contributed by atoms with Gasteiger partial charge in [0.05, 0.1) is 25.9 Å². The monoisotopic (exact) mass is 485 g/mol. The second-order valence-electron chi connectivity index (χ2n) is 8.49. The van der Waals surface area contributed by atoms with Crippen molar-refractivity contribution in [1.82, 2.24) is 5.32 Å². The third kappa shape index (κ3) is 11.0. The zero-order valence-electron chi connectivity index (χ0n) is 20.5. The first-order chi connectivity index (χ1) is 16.3. The van der Waals surface area contributed by atoms with Gasteiger partial charge in [-0.25, -0.2) is 0 Å². The lowest BCUT2D eigenvalue weighted by Gasteiger charge is -2.25. The summed E-state index contributed by atoms with van der Waals surface area (Å²) in [5.41, 5.74) is 0.291. The number of benzene rings is 1. The summed E-state index contributed by atoms with van der Waals surface area (Å²) in [5.74, 6) is 0.538. The second kappa shape index (κ2) is 17.5. The number of aliphatic hydroxyl groups excluding tert-OH is 5. The normalized spacial score (nSPS) is 14.8. The summed E-state index contributed by atoms with van der Waals surface area (Å²) in [5, 5.41) is 50.3. The van der Waals surface area contributed by atoms with E-state index in [9.17, 15) is 25.2 Å². The highest BCUT2D eigenvalue weighted by Gasteiger charge is 2.30. The fourth-order valence-electron chi connectivity index (χ4n) is 3.29. The number of carbonyl (C=O) groups is 1. The first-order valence-corrected chi connectivity index (χ1v) is 12.4. The summed E-state index contributed by atoms with van der Waals surface area (Å²) in [6.07, 6.45) is 1.88. The van der Waals surface area contributed by atoms with Crippen molar-refractivity contribution >= 4 is 5.91 Å². The molecule has 4 atom stereocenters. The molecule has 9 heteroatoms. The minimum Gasteiger partial charge on any atom is -0.490 e. The van der Waals surface area contributed by atoms with Gasteiger partial charge in [-0.3, -0.25) is 4.79 Å². The van der Waals surface area contributed by atoms with Gasteiger partial charge in [-0.1, -0.05) is 52.4 Å². The maximum Gasteiger partial charge on any atom is 0.251 e. The predicted octanol–water partition coefficient (Wildman–Crippen LogP) is 1.77. The van der Waals surface area contributed by atoms with Crippen LogP contribution in [0.25, 0.3) is 0 Å². The van der Waals surface area contributed by atoms with E-state index in [0.29, 0.717) is 30.3 Å². The molecule has 1 amide bonds. The van der Waals surface area contributed by atoms with Crippen molar-refractivity contribution in [2.45, 2.75) is 89.6 Å². The molecule has 1 rings (SSSR count). The van der Waals surface area contributed by atoms with Crippen LogP contribution in [0.1, 0.15) is 75.6 Å². The molecule has 1 aromatic rings. The molecule has 0 saturated carbocycles. The Bertz CT molecular complexity index is 687. The number of unbranched alkanes of at least 4 members (excludes halogenated alkanes) is 6. The Morgan fingerprint density at radius 3 is 1.94 bits per heavy atom. The summed E-state index contributed by atoms with van der Waals surface area (Å²) in [6, 6.07) is 4.86. The Kier molecular flexibility index (Phi) is 15.5. The van der Waals surface area contributed by atoms with Crippen LogP contribution in [0.4, 0.5) is 0 Å². The van der Waals surface area contributed by atoms with Crippen molar-refractivity contribution in [2.24, 2.45) is 0 Å². The molecule has 9 nitrogen and oxygen atoms in total. The van der Waals surface area contributed by atoms with Crippen LogP contribution in [-0.4, -0.2) is 82.2 Å². The lowest BCUT2D eigenvalue weighted by atomic mass is 10.0. The number of rotatable bonds is 19. The van der Waals surface area contributed by atoms with Gasteiger partial charge in [0.2, 0.25) is 0 Å². The van der Waals surface area contributed by atoms with Gasteiger partial charge in [0.15, 0.2) is 11.5 Å². The highest BCUT2D eigenvalue weighted by molar-refractivity contribution is 5.94. The molecule has 0 aliphatic carbocycles. The third-order valence-electron chi connectivity index (χ3n) is 5.51. The van der Waals surface area contributed by atoms with E-state index in [4.69, 9.17) is 14.6 Å². The van der Waals surface area contributed by atoms with Crippen LogP contribution >= 0.6 is 0 Å². The molecule has 1 aromatic carbocycles. The van der Waals surface area contributed by atoms with Gasteiger partial charge in [-0.15, -0.1) is 0 Å². The number of hydrogen-bond acceptors (Lipinski definition) is 8. The van der Waals surface area contributed by atoms with Crippen molar-refractivity contribution in [3.63, 3.8) is 0 Å². The van der Waals surface area contributed by atoms with Crippen LogP contribution in [0.3, 0.4) is 0 Å². The molecular formula is C25H43NO8. The van der Waals surface area contributed by atoms with E-state index < -0.39 is 36.9 Å². The molecule has 34 heavy (non-hydrogen) atoms. The Hall–Kier alpha value is -1.91. The Morgan fingerprint density at radius 1 is 0.824 bits per heavy atom. The van der Waals surface area contributed by atoms with Gasteiger partial charge in [0, 0.05) is 12.1 Å². The first-order valence-electron chi connectivity index (χ1n) is 12.4. The molecule has 0 radical (unpaired) electrons. The molecule has 0 fully saturated rings. The minimum atomic E-state index is -1.75. The summed E-state index contributed by atoms with van der Waals surface area (Å²) >= 11 is 0. The zero-order chi connectivity index (χ0) is 25.3. The van der Waals surface area contributed by atoms with Crippen molar-refractivity contribution in [2.75, 3.05) is 26.4 Å². The van der Waals surface area contributed by atoms with Crippen LogP contribution in [0.15, 0.2) is 18.2 Å². The summed E-state index contributed by atoms with van der Waals surface area (Å²) in [7, 11) is 0. The number of aliphatic hydroxyl groups is 5. The molecular weight excluding hydrogens is 442 g/mol. The van der Waals surface area contributed by atoms with Crippen LogP contribution in [0, 0.1) is 0 Å². The molecule has 0 spiro atoms. The summed E-state index contributed by atoms with van der Waals surface area (Å²) in [4.78, 5) is 12.6. The third-order valence-corrected chi connectivity index (χ3v) is 5.51. The lowest BCUT2D eigenvalue weighted by molar-refractivity contribution is -0.113. The fourth-order valence-corrected chi connectivity index (χ4v) is 3.29. The first kappa shape index (κ1) is 30.1. The highest BCUT2D eigenvalue weighted by atomic mass is 16.5. The van der Waals surface area contributed by atoms with E-state index in [1.807, 2.05) is 0 Å². The van der Waals surface area contributed by atoms with E-state index in [1.165, 1.54) is 0 Å². The van der Waals surface area contributed by atoms with E-state index in [2.05, 4.69) is 19.2 Å². The highest BCUT2D eigenvalue weighted by Crippen LogP contribution is 2.29. The molecule has 0 bridgehead atoms. The average Bonchev–Trinajstić information content (AvgIpc) is 2.85. The SMILES string of the molecule is CCCCCCOc1ccc(C(=O)NC[C@H](O)[C@@H](O)[C@H](O)[C@H](O)CO)cc1OCCCCCC. The van der Waals surface area contributed by atoms with Crippen molar-refractivity contribution < 1.29 is 39.8 Å². The van der Waals surface area contributed by atoms with E-state index >= 15 is 0 Å². The lowest BCUT2D eigenvalue weighted by Crippen LogP contribution is -2.49. The molecule has 0 aliphatic rings. The van der Waals surface area contributed by atoms with Crippen LogP contribution in [0.2, 0.25) is 0 Å². The van der Waals surface area contributed by atoms with Gasteiger partial charge in [0.1, 0.15) is 18.3 Å². The van der Waals surface area contributed by atoms with Crippen molar-refractivity contribution in [1.29, 1.82) is 0 Å². The largest absolute Gasteiger partial charge is 0.490 e. The van der Waals surface area contributed by atoms with Gasteiger partial charge >= 0.3 is 0 Å². The van der Waals surface area contributed by atoms with Crippen molar-refractivity contribution in [3.8, 4) is 11.5 Å². The van der Waals surface area contributed by atoms with Gasteiger partial charge in [-0.05, 0) is 31.0 Å². The molecule has 0 aromatic heterocycles. The molecule has 0 saturated heterocycles. The van der Waals surface area contributed by atoms with Gasteiger partial charge in [0.25, 0.3) is 5.91 Å². The quantitative estimate of drug-likeness (QED) is 0.162. The maximum absolute atomic E-state index is 12.6. The second-order valence-corrected chi connectivity index (χ2v) is 8.49. The number of nitrogens with one attached hydrogen (secondary N) is 1. The smallest absolute Gasteiger partial charge is 0.251 e. The topological polar surface area (TPSA) is 149 Å². The predicted molar refractivity (Wildman–Crippen MR) is 129 cm³/mol. The Balaban J connectivity index is 2.75. The number of amides is 1. The summed E-state index contributed by atoms with van der Waals surface area (Å²) in [6.45, 7) is 4.22. The molecule has 0 heterocycles. The Morgan fingerprint density at radius 2 is 1.38 bits per heavy atom. The van der Waals surface area contributed by atoms with Crippen LogP contribution < -0.4 is 14.8 Å². The molecule has 196 valence electrons. The van der Waals surface area contributed by atoms with Gasteiger partial charge in [-0.2, -0.15) is 0 Å². The zero-order valence-corrected chi connectivity index (χ0v) is 20.5. The van der Waals surface area contributed by atoms with Gasteiger partial charge < -0.3 is 40.3 Å². The Labute approximate surface area is 202 Å².